The zero-order chi connectivity index (χ0) is 25.5. The number of anilines is 1. The number of hydrogen-bond donors (Lipinski definition) is 1. The number of benzene rings is 1. The molecule has 0 radical (unpaired) electrons. The van der Waals surface area contributed by atoms with E-state index in [-0.39, 0.29) is 52.9 Å². The number of carbonyl (C=O) groups is 1. The van der Waals surface area contributed by atoms with Crippen LogP contribution in [0.5, 0.6) is 0 Å². The fourth-order valence-electron chi connectivity index (χ4n) is 2.85. The fourth-order valence-corrected chi connectivity index (χ4v) is 2.85. The number of hydrogen-bond acceptors (Lipinski definition) is 2. The van der Waals surface area contributed by atoms with Crippen molar-refractivity contribution in [3.8, 4) is 0 Å². The average molecular weight is 467 g/mol. The first-order valence-corrected chi connectivity index (χ1v) is 10.9. The summed E-state index contributed by atoms with van der Waals surface area (Å²) >= 11 is 0. The van der Waals surface area contributed by atoms with Crippen LogP contribution in [0.25, 0.3) is 0 Å². The molecule has 1 aromatic carbocycles. The molecular formula is C26H34F4N2O. The third kappa shape index (κ3) is 7.91. The Morgan fingerprint density at radius 3 is 2.18 bits per heavy atom. The first-order valence-electron chi connectivity index (χ1n) is 10.9. The second kappa shape index (κ2) is 12.4. The van der Waals surface area contributed by atoms with Gasteiger partial charge in [0.2, 0.25) is 0 Å². The van der Waals surface area contributed by atoms with Crippen LogP contribution in [0.4, 0.5) is 23.2 Å². The summed E-state index contributed by atoms with van der Waals surface area (Å²) in [7, 11) is 1.57. The second-order valence-electron chi connectivity index (χ2n) is 8.58. The Balaban J connectivity index is 3.20. The maximum absolute atomic E-state index is 14.3. The van der Waals surface area contributed by atoms with Gasteiger partial charge in [-0.1, -0.05) is 46.9 Å². The topological polar surface area (TPSA) is 32.3 Å². The minimum atomic E-state index is -1.01. The van der Waals surface area contributed by atoms with Crippen LogP contribution in [0.1, 0.15) is 46.1 Å². The molecule has 182 valence electrons. The van der Waals surface area contributed by atoms with Crippen LogP contribution in [-0.4, -0.2) is 24.4 Å². The van der Waals surface area contributed by atoms with Crippen molar-refractivity contribution in [1.82, 2.24) is 4.90 Å². The Kier molecular flexibility index (Phi) is 10.6. The summed E-state index contributed by atoms with van der Waals surface area (Å²) in [5.41, 5.74) is 0.123. The van der Waals surface area contributed by atoms with E-state index in [2.05, 4.69) is 18.5 Å². The predicted molar refractivity (Wildman–Crippen MR) is 127 cm³/mol. The molecule has 3 nitrogen and oxygen atoms in total. The number of halogens is 4. The molecule has 0 bridgehead atoms. The van der Waals surface area contributed by atoms with Crippen molar-refractivity contribution < 1.29 is 22.4 Å². The molecule has 1 aromatic rings. The average Bonchev–Trinajstić information content (AvgIpc) is 2.74. The smallest absolute Gasteiger partial charge is 0.257 e. The number of nitrogens with zero attached hydrogens (tertiary/aromatic N) is 1. The lowest BCUT2D eigenvalue weighted by molar-refractivity contribution is -0.112. The largest absolute Gasteiger partial charge is 0.370 e. The minimum Gasteiger partial charge on any atom is -0.370 e. The summed E-state index contributed by atoms with van der Waals surface area (Å²) in [4.78, 5) is 14.5. The van der Waals surface area contributed by atoms with Gasteiger partial charge in [-0.2, -0.15) is 0 Å². The quantitative estimate of drug-likeness (QED) is 0.210. The van der Waals surface area contributed by atoms with Gasteiger partial charge in [-0.05, 0) is 37.3 Å². The Morgan fingerprint density at radius 2 is 1.70 bits per heavy atom. The van der Waals surface area contributed by atoms with Crippen molar-refractivity contribution in [3.05, 3.63) is 77.1 Å². The molecule has 0 aromatic heterocycles. The highest BCUT2D eigenvalue weighted by atomic mass is 19.2. The lowest BCUT2D eigenvalue weighted by atomic mass is 9.94. The summed E-state index contributed by atoms with van der Waals surface area (Å²) in [6.45, 7) is 16.4. The summed E-state index contributed by atoms with van der Waals surface area (Å²) < 4.78 is 55.9. The third-order valence-electron chi connectivity index (χ3n) is 5.48. The van der Waals surface area contributed by atoms with E-state index in [1.54, 1.807) is 20.0 Å². The molecule has 0 aliphatic rings. The second-order valence-corrected chi connectivity index (χ2v) is 8.58. The number of carbonyl (C=O) groups excluding carboxylic acids is 1. The summed E-state index contributed by atoms with van der Waals surface area (Å²) in [5.74, 6) is -3.91. The van der Waals surface area contributed by atoms with Gasteiger partial charge >= 0.3 is 0 Å². The van der Waals surface area contributed by atoms with Gasteiger partial charge in [-0.15, -0.1) is 0 Å². The number of amides is 1. The summed E-state index contributed by atoms with van der Waals surface area (Å²) in [6, 6.07) is 2.07. The molecule has 1 unspecified atom stereocenters. The van der Waals surface area contributed by atoms with E-state index in [4.69, 9.17) is 0 Å². The highest BCUT2D eigenvalue weighted by Crippen LogP contribution is 2.26. The lowest BCUT2D eigenvalue weighted by Gasteiger charge is -2.25. The van der Waals surface area contributed by atoms with Crippen molar-refractivity contribution in [2.24, 2.45) is 11.8 Å². The van der Waals surface area contributed by atoms with E-state index < -0.39 is 29.2 Å². The highest BCUT2D eigenvalue weighted by Gasteiger charge is 2.21. The summed E-state index contributed by atoms with van der Waals surface area (Å²) in [5, 5.41) is 2.50. The third-order valence-corrected chi connectivity index (χ3v) is 5.48. The lowest BCUT2D eigenvalue weighted by Crippen LogP contribution is -2.27. The van der Waals surface area contributed by atoms with Crippen LogP contribution in [0.2, 0.25) is 0 Å². The van der Waals surface area contributed by atoms with Gasteiger partial charge in [0.1, 0.15) is 17.5 Å². The van der Waals surface area contributed by atoms with Crippen LogP contribution < -0.4 is 5.32 Å². The van der Waals surface area contributed by atoms with E-state index in [0.717, 1.165) is 12.1 Å². The Hall–Kier alpha value is -2.83. The monoisotopic (exact) mass is 466 g/mol. The highest BCUT2D eigenvalue weighted by molar-refractivity contribution is 6.06. The number of nitrogens with one attached hydrogen (secondary N) is 1. The molecule has 7 heteroatoms. The normalized spacial score (nSPS) is 13.5. The van der Waals surface area contributed by atoms with Gasteiger partial charge in [-0.3, -0.25) is 4.79 Å². The molecule has 1 atom stereocenters. The number of rotatable bonds is 11. The van der Waals surface area contributed by atoms with Gasteiger partial charge < -0.3 is 10.2 Å². The SMILES string of the molecule is C=C(CN(C)C(=C)/C(=C\C(C)C(C)C)C(=O)Nc1cc(F)c(C)c(F)c1)/C(F)=C(/F)CCC. The molecular weight excluding hydrogens is 432 g/mol. The van der Waals surface area contributed by atoms with Crippen molar-refractivity contribution in [3.63, 3.8) is 0 Å². The fraction of sp³-hybridized carbons (Fsp3) is 0.423. The molecule has 1 rings (SSSR count). The standard InChI is InChI=1S/C26H34F4N2O/c1-9-10-22(27)25(30)17(5)14-32(8)19(7)21(11-16(4)15(2)3)26(33)31-20-12-23(28)18(6)24(29)13-20/h11-13,15-16H,5,7,9-10,14H2,1-4,6,8H3,(H,31,33)/b21-11+,25-22-. The molecule has 0 saturated carbocycles. The first kappa shape index (κ1) is 28.2. The predicted octanol–water partition coefficient (Wildman–Crippen LogP) is 7.38. The molecule has 0 heterocycles. The van der Waals surface area contributed by atoms with Crippen molar-refractivity contribution in [2.45, 2.75) is 47.5 Å². The van der Waals surface area contributed by atoms with Gasteiger partial charge in [0.05, 0.1) is 5.57 Å². The van der Waals surface area contributed by atoms with E-state index >= 15 is 0 Å². The Bertz CT molecular complexity index is 940. The van der Waals surface area contributed by atoms with Crippen molar-refractivity contribution in [1.29, 1.82) is 0 Å². The first-order chi connectivity index (χ1) is 15.3. The molecule has 0 aliphatic heterocycles. The molecule has 33 heavy (non-hydrogen) atoms. The summed E-state index contributed by atoms with van der Waals surface area (Å²) in [6.07, 6.45) is 2.13. The van der Waals surface area contributed by atoms with E-state index in [1.165, 1.54) is 11.8 Å². The molecule has 0 saturated heterocycles. The van der Waals surface area contributed by atoms with Crippen molar-refractivity contribution >= 4 is 11.6 Å². The molecule has 0 aliphatic carbocycles. The molecule has 0 spiro atoms. The molecule has 0 fully saturated rings. The Labute approximate surface area is 194 Å². The zero-order valence-electron chi connectivity index (χ0n) is 20.3. The number of likely N-dealkylation sites (N-methyl/N-ethyl adjacent to an activating group) is 1. The van der Waals surface area contributed by atoms with Gasteiger partial charge in [0.25, 0.3) is 5.91 Å². The Morgan fingerprint density at radius 1 is 1.15 bits per heavy atom. The minimum absolute atomic E-state index is 0.0291. The van der Waals surface area contributed by atoms with Crippen LogP contribution in [-0.2, 0) is 4.79 Å². The van der Waals surface area contributed by atoms with E-state index in [1.807, 2.05) is 20.8 Å². The van der Waals surface area contributed by atoms with Crippen LogP contribution in [0.15, 0.2) is 59.9 Å². The van der Waals surface area contributed by atoms with Gasteiger partial charge in [0.15, 0.2) is 5.83 Å². The van der Waals surface area contributed by atoms with Crippen LogP contribution in [0, 0.1) is 30.4 Å². The van der Waals surface area contributed by atoms with Crippen LogP contribution >= 0.6 is 0 Å². The number of allylic oxidation sites excluding steroid dienone is 2. The van der Waals surface area contributed by atoms with Crippen molar-refractivity contribution in [2.75, 3.05) is 18.9 Å². The maximum atomic E-state index is 14.3. The van der Waals surface area contributed by atoms with Gasteiger partial charge in [0, 0.05) is 42.5 Å². The van der Waals surface area contributed by atoms with E-state index in [0.29, 0.717) is 6.42 Å². The zero-order valence-corrected chi connectivity index (χ0v) is 20.3. The van der Waals surface area contributed by atoms with Gasteiger partial charge in [-0.25, -0.2) is 17.6 Å². The molecule has 1 N–H and O–H groups in total. The van der Waals surface area contributed by atoms with E-state index in [9.17, 15) is 22.4 Å². The van der Waals surface area contributed by atoms with Crippen LogP contribution in [0.3, 0.4) is 0 Å². The molecule has 1 amide bonds. The maximum Gasteiger partial charge on any atom is 0.257 e.